The predicted octanol–water partition coefficient (Wildman–Crippen LogP) is 3.02. The van der Waals surface area contributed by atoms with Gasteiger partial charge in [0.2, 0.25) is 15.9 Å². The fourth-order valence-corrected chi connectivity index (χ4v) is 3.59. The van der Waals surface area contributed by atoms with E-state index in [1.54, 1.807) is 0 Å². The summed E-state index contributed by atoms with van der Waals surface area (Å²) >= 11 is 0. The second-order valence-corrected chi connectivity index (χ2v) is 8.38. The van der Waals surface area contributed by atoms with Gasteiger partial charge in [-0.25, -0.2) is 8.42 Å². The maximum absolute atomic E-state index is 12.5. The van der Waals surface area contributed by atoms with Crippen LogP contribution in [0.3, 0.4) is 0 Å². The van der Waals surface area contributed by atoms with Gasteiger partial charge < -0.3 is 5.32 Å². The quantitative estimate of drug-likeness (QED) is 0.772. The highest BCUT2D eigenvalue weighted by Crippen LogP contribution is 2.20. The van der Waals surface area contributed by atoms with E-state index >= 15 is 0 Å². The first-order valence-electron chi connectivity index (χ1n) is 8.65. The van der Waals surface area contributed by atoms with Crippen molar-refractivity contribution in [1.82, 2.24) is 9.62 Å². The van der Waals surface area contributed by atoms with Gasteiger partial charge in [0.05, 0.1) is 18.8 Å². The zero-order valence-electron chi connectivity index (χ0n) is 15.5. The highest BCUT2D eigenvalue weighted by atomic mass is 32.2. The maximum atomic E-state index is 12.5. The first-order chi connectivity index (χ1) is 12.3. The van der Waals surface area contributed by atoms with Gasteiger partial charge in [0.1, 0.15) is 0 Å². The third kappa shape index (κ3) is 5.68. The summed E-state index contributed by atoms with van der Waals surface area (Å²) in [4.78, 5) is 12.5. The van der Waals surface area contributed by atoms with Gasteiger partial charge in [-0.05, 0) is 30.0 Å². The number of rotatable bonds is 8. The van der Waals surface area contributed by atoms with E-state index < -0.39 is 10.0 Å². The molecule has 0 aliphatic carbocycles. The molecule has 0 spiro atoms. The van der Waals surface area contributed by atoms with E-state index in [0.717, 1.165) is 29.4 Å². The molecule has 2 aromatic carbocycles. The molecule has 0 aliphatic rings. The molecule has 1 N–H and O–H groups in total. The minimum Gasteiger partial charge on any atom is -0.348 e. The molecule has 0 saturated carbocycles. The lowest BCUT2D eigenvalue weighted by Gasteiger charge is -2.23. The number of benzene rings is 2. The molecule has 0 radical (unpaired) electrons. The summed E-state index contributed by atoms with van der Waals surface area (Å²) in [5, 5.41) is 2.97. The summed E-state index contributed by atoms with van der Waals surface area (Å²) in [6.07, 6.45) is 1.86. The van der Waals surface area contributed by atoms with Crippen LogP contribution in [0.25, 0.3) is 0 Å². The Morgan fingerprint density at radius 2 is 1.69 bits per heavy atom. The van der Waals surface area contributed by atoms with Gasteiger partial charge in [0.25, 0.3) is 0 Å². The van der Waals surface area contributed by atoms with Crippen LogP contribution in [0.1, 0.15) is 36.1 Å². The number of aryl methyl sites for hydroxylation is 1. The Balaban J connectivity index is 2.10. The van der Waals surface area contributed by atoms with Crippen LogP contribution in [0.5, 0.6) is 0 Å². The molecule has 5 nitrogen and oxygen atoms in total. The molecule has 2 aromatic rings. The van der Waals surface area contributed by atoms with E-state index in [2.05, 4.69) is 5.32 Å². The second-order valence-electron chi connectivity index (χ2n) is 6.40. The third-order valence-corrected chi connectivity index (χ3v) is 5.49. The zero-order valence-corrected chi connectivity index (χ0v) is 16.3. The highest BCUT2D eigenvalue weighted by molar-refractivity contribution is 7.88. The van der Waals surface area contributed by atoms with Crippen LogP contribution in [0.2, 0.25) is 0 Å². The van der Waals surface area contributed by atoms with Crippen molar-refractivity contribution in [2.24, 2.45) is 0 Å². The second kappa shape index (κ2) is 8.96. The topological polar surface area (TPSA) is 66.5 Å². The summed E-state index contributed by atoms with van der Waals surface area (Å²) in [6.45, 7) is 3.97. The first-order valence-corrected chi connectivity index (χ1v) is 10.5. The Morgan fingerprint density at radius 3 is 2.27 bits per heavy atom. The van der Waals surface area contributed by atoms with Crippen molar-refractivity contribution in [2.45, 2.75) is 32.9 Å². The zero-order chi connectivity index (χ0) is 19.2. The van der Waals surface area contributed by atoms with Gasteiger partial charge in [-0.1, -0.05) is 61.5 Å². The summed E-state index contributed by atoms with van der Waals surface area (Å²) in [5.74, 6) is -0.304. The number of amides is 1. The average Bonchev–Trinajstić information content (AvgIpc) is 2.60. The number of nitrogens with one attached hydrogen (secondary N) is 1. The Kier molecular flexibility index (Phi) is 6.94. The van der Waals surface area contributed by atoms with E-state index in [0.29, 0.717) is 0 Å². The van der Waals surface area contributed by atoms with Crippen LogP contribution in [-0.4, -0.2) is 31.4 Å². The third-order valence-electron chi connectivity index (χ3n) is 4.30. The smallest absolute Gasteiger partial charge is 0.235 e. The minimum absolute atomic E-state index is 0.137. The average molecular weight is 375 g/mol. The first kappa shape index (κ1) is 20.1. The number of carbonyl (C=O) groups is 1. The molecule has 0 aromatic heterocycles. The number of hydrogen-bond donors (Lipinski definition) is 1. The number of hydrogen-bond acceptors (Lipinski definition) is 3. The minimum atomic E-state index is -3.50. The number of nitrogens with zero attached hydrogens (tertiary/aromatic N) is 1. The van der Waals surface area contributed by atoms with Gasteiger partial charge in [-0.15, -0.1) is 0 Å². The van der Waals surface area contributed by atoms with E-state index in [1.165, 1.54) is 4.31 Å². The van der Waals surface area contributed by atoms with Gasteiger partial charge in [0.15, 0.2) is 0 Å². The van der Waals surface area contributed by atoms with Crippen LogP contribution >= 0.6 is 0 Å². The van der Waals surface area contributed by atoms with E-state index in [4.69, 9.17) is 0 Å². The van der Waals surface area contributed by atoms with Crippen LogP contribution in [0.4, 0.5) is 0 Å². The molecule has 0 heterocycles. The fourth-order valence-electron chi connectivity index (χ4n) is 2.86. The van der Waals surface area contributed by atoms with Gasteiger partial charge in [0, 0.05) is 6.54 Å². The SMILES string of the molecule is CC[C@@H](NC(=O)CN(Cc1ccccc1)S(C)(=O)=O)c1ccccc1C. The van der Waals surface area contributed by atoms with E-state index in [1.807, 2.05) is 68.4 Å². The molecule has 6 heteroatoms. The lowest BCUT2D eigenvalue weighted by molar-refractivity contribution is -0.122. The maximum Gasteiger partial charge on any atom is 0.235 e. The summed E-state index contributed by atoms with van der Waals surface area (Å²) in [7, 11) is -3.50. The largest absolute Gasteiger partial charge is 0.348 e. The molecule has 0 bridgehead atoms. The van der Waals surface area contributed by atoms with Crippen molar-refractivity contribution >= 4 is 15.9 Å². The molecular formula is C20H26N2O3S. The highest BCUT2D eigenvalue weighted by Gasteiger charge is 2.22. The number of sulfonamides is 1. The molecule has 0 unspecified atom stereocenters. The summed E-state index contributed by atoms with van der Waals surface area (Å²) in [6, 6.07) is 17.0. The van der Waals surface area contributed by atoms with Crippen molar-refractivity contribution in [1.29, 1.82) is 0 Å². The molecule has 140 valence electrons. The van der Waals surface area contributed by atoms with Crippen molar-refractivity contribution in [3.05, 3.63) is 71.3 Å². The molecule has 1 atom stereocenters. The van der Waals surface area contributed by atoms with Gasteiger partial charge >= 0.3 is 0 Å². The molecule has 2 rings (SSSR count). The van der Waals surface area contributed by atoms with Crippen molar-refractivity contribution in [3.63, 3.8) is 0 Å². The molecule has 0 saturated heterocycles. The Morgan fingerprint density at radius 1 is 1.08 bits per heavy atom. The van der Waals surface area contributed by atoms with Crippen molar-refractivity contribution in [3.8, 4) is 0 Å². The fraction of sp³-hybridized carbons (Fsp3) is 0.350. The summed E-state index contributed by atoms with van der Waals surface area (Å²) < 4.78 is 25.4. The molecule has 0 aliphatic heterocycles. The van der Waals surface area contributed by atoms with Crippen molar-refractivity contribution < 1.29 is 13.2 Å². The number of carbonyl (C=O) groups excluding carboxylic acids is 1. The predicted molar refractivity (Wildman–Crippen MR) is 104 cm³/mol. The van der Waals surface area contributed by atoms with Crippen LogP contribution < -0.4 is 5.32 Å². The molecule has 0 fully saturated rings. The lowest BCUT2D eigenvalue weighted by atomic mass is 9.99. The lowest BCUT2D eigenvalue weighted by Crippen LogP contribution is -2.41. The van der Waals surface area contributed by atoms with Gasteiger partial charge in [-0.3, -0.25) is 4.79 Å². The Hall–Kier alpha value is -2.18. The molecule has 26 heavy (non-hydrogen) atoms. The summed E-state index contributed by atoms with van der Waals surface area (Å²) in [5.41, 5.74) is 3.00. The Labute approximate surface area is 156 Å². The van der Waals surface area contributed by atoms with Crippen LogP contribution in [0, 0.1) is 6.92 Å². The van der Waals surface area contributed by atoms with E-state index in [9.17, 15) is 13.2 Å². The van der Waals surface area contributed by atoms with Crippen LogP contribution in [0.15, 0.2) is 54.6 Å². The van der Waals surface area contributed by atoms with Crippen LogP contribution in [-0.2, 0) is 21.4 Å². The van der Waals surface area contributed by atoms with Crippen molar-refractivity contribution in [2.75, 3.05) is 12.8 Å². The normalized spacial score (nSPS) is 12.8. The van der Waals surface area contributed by atoms with Gasteiger partial charge in [-0.2, -0.15) is 4.31 Å². The monoisotopic (exact) mass is 374 g/mol. The molecule has 1 amide bonds. The standard InChI is InChI=1S/C20H26N2O3S/c1-4-19(18-13-9-8-10-16(18)2)21-20(23)15-22(26(3,24)25)14-17-11-6-5-7-12-17/h5-13,19H,4,14-15H2,1-3H3,(H,21,23)/t19-/m1/s1. The molecular weight excluding hydrogens is 348 g/mol. The Bertz CT molecular complexity index is 835. The van der Waals surface area contributed by atoms with E-state index in [-0.39, 0.29) is 25.0 Å².